The SMILES string of the molecule is CCC(N)c1nonc1C. The molecule has 0 bridgehead atoms. The highest BCUT2D eigenvalue weighted by molar-refractivity contribution is 5.08. The predicted molar refractivity (Wildman–Crippen MR) is 36.3 cm³/mol. The van der Waals surface area contributed by atoms with Crippen molar-refractivity contribution in [2.75, 3.05) is 0 Å². The molecular weight excluding hydrogens is 130 g/mol. The van der Waals surface area contributed by atoms with Gasteiger partial charge in [-0.3, -0.25) is 0 Å². The van der Waals surface area contributed by atoms with E-state index in [1.165, 1.54) is 0 Å². The lowest BCUT2D eigenvalue weighted by Gasteiger charge is -2.01. The number of hydrogen-bond acceptors (Lipinski definition) is 4. The summed E-state index contributed by atoms with van der Waals surface area (Å²) in [6, 6.07) is -0.0359. The van der Waals surface area contributed by atoms with Gasteiger partial charge in [-0.1, -0.05) is 17.2 Å². The van der Waals surface area contributed by atoms with Crippen LogP contribution in [0.1, 0.15) is 30.8 Å². The lowest BCUT2D eigenvalue weighted by molar-refractivity contribution is 0.299. The van der Waals surface area contributed by atoms with Crippen molar-refractivity contribution in [3.63, 3.8) is 0 Å². The van der Waals surface area contributed by atoms with Crippen LogP contribution in [0.5, 0.6) is 0 Å². The van der Waals surface area contributed by atoms with Gasteiger partial charge in [0.2, 0.25) is 0 Å². The average molecular weight is 141 g/mol. The number of hydrogen-bond donors (Lipinski definition) is 1. The van der Waals surface area contributed by atoms with Gasteiger partial charge in [0.1, 0.15) is 11.4 Å². The van der Waals surface area contributed by atoms with Gasteiger partial charge < -0.3 is 5.73 Å². The Morgan fingerprint density at radius 2 is 2.30 bits per heavy atom. The lowest BCUT2D eigenvalue weighted by atomic mass is 10.1. The molecule has 0 saturated heterocycles. The molecule has 4 nitrogen and oxygen atoms in total. The molecule has 0 amide bonds. The Bertz CT molecular complexity index is 209. The molecule has 0 aromatic carbocycles. The number of aryl methyl sites for hydroxylation is 1. The molecule has 0 aliphatic heterocycles. The Labute approximate surface area is 59.4 Å². The molecule has 1 heterocycles. The Morgan fingerprint density at radius 3 is 2.70 bits per heavy atom. The summed E-state index contributed by atoms with van der Waals surface area (Å²) in [5, 5.41) is 7.29. The van der Waals surface area contributed by atoms with Crippen LogP contribution in [-0.2, 0) is 0 Å². The van der Waals surface area contributed by atoms with Crippen LogP contribution in [0.15, 0.2) is 4.63 Å². The molecule has 56 valence electrons. The van der Waals surface area contributed by atoms with E-state index in [9.17, 15) is 0 Å². The number of rotatable bonds is 2. The minimum atomic E-state index is -0.0359. The first-order chi connectivity index (χ1) is 4.75. The standard InChI is InChI=1S/C6H11N3O/c1-3-5(7)6-4(2)8-10-9-6/h5H,3,7H2,1-2H3. The van der Waals surface area contributed by atoms with Crippen LogP contribution in [0.4, 0.5) is 0 Å². The fourth-order valence-corrected chi connectivity index (χ4v) is 0.768. The summed E-state index contributed by atoms with van der Waals surface area (Å²) >= 11 is 0. The van der Waals surface area contributed by atoms with E-state index in [1.54, 1.807) is 0 Å². The maximum absolute atomic E-state index is 5.68. The molecule has 4 heteroatoms. The Hall–Kier alpha value is -0.900. The summed E-state index contributed by atoms with van der Waals surface area (Å²) in [5.74, 6) is 0. The third kappa shape index (κ3) is 1.16. The second-order valence-corrected chi connectivity index (χ2v) is 2.25. The Kier molecular flexibility index (Phi) is 2.01. The Morgan fingerprint density at radius 1 is 1.60 bits per heavy atom. The quantitative estimate of drug-likeness (QED) is 0.661. The highest BCUT2D eigenvalue weighted by atomic mass is 16.6. The third-order valence-electron chi connectivity index (χ3n) is 1.48. The number of nitrogens with two attached hydrogens (primary N) is 1. The Balaban J connectivity index is 2.82. The maximum Gasteiger partial charge on any atom is 0.124 e. The molecule has 0 radical (unpaired) electrons. The van der Waals surface area contributed by atoms with E-state index in [0.717, 1.165) is 17.8 Å². The van der Waals surface area contributed by atoms with Gasteiger partial charge in [0, 0.05) is 0 Å². The topological polar surface area (TPSA) is 64.9 Å². The average Bonchev–Trinajstić information content (AvgIpc) is 2.34. The van der Waals surface area contributed by atoms with Gasteiger partial charge in [0.05, 0.1) is 6.04 Å². The molecule has 0 saturated carbocycles. The molecule has 0 aliphatic carbocycles. The van der Waals surface area contributed by atoms with Gasteiger partial charge in [-0.2, -0.15) is 0 Å². The first-order valence-electron chi connectivity index (χ1n) is 3.30. The summed E-state index contributed by atoms with van der Waals surface area (Å²) in [7, 11) is 0. The van der Waals surface area contributed by atoms with E-state index in [4.69, 9.17) is 5.73 Å². The predicted octanol–water partition coefficient (Wildman–Crippen LogP) is 0.788. The molecule has 0 fully saturated rings. The van der Waals surface area contributed by atoms with Gasteiger partial charge in [0.15, 0.2) is 0 Å². The largest absolute Gasteiger partial charge is 0.323 e. The monoisotopic (exact) mass is 141 g/mol. The molecule has 1 atom stereocenters. The van der Waals surface area contributed by atoms with Crippen molar-refractivity contribution in [1.29, 1.82) is 0 Å². The first-order valence-corrected chi connectivity index (χ1v) is 3.30. The van der Waals surface area contributed by atoms with Crippen LogP contribution in [0.2, 0.25) is 0 Å². The normalized spacial score (nSPS) is 13.5. The van der Waals surface area contributed by atoms with Crippen LogP contribution in [-0.4, -0.2) is 10.3 Å². The first kappa shape index (κ1) is 7.21. The number of nitrogens with zero attached hydrogens (tertiary/aromatic N) is 2. The van der Waals surface area contributed by atoms with Crippen LogP contribution < -0.4 is 5.73 Å². The summed E-state index contributed by atoms with van der Waals surface area (Å²) in [5.41, 5.74) is 7.23. The second-order valence-electron chi connectivity index (χ2n) is 2.25. The minimum Gasteiger partial charge on any atom is -0.323 e. The van der Waals surface area contributed by atoms with Crippen molar-refractivity contribution >= 4 is 0 Å². The molecule has 10 heavy (non-hydrogen) atoms. The highest BCUT2D eigenvalue weighted by Gasteiger charge is 2.11. The van der Waals surface area contributed by atoms with Crippen molar-refractivity contribution in [2.24, 2.45) is 5.73 Å². The molecule has 1 aromatic rings. The van der Waals surface area contributed by atoms with Crippen molar-refractivity contribution in [1.82, 2.24) is 10.3 Å². The zero-order chi connectivity index (χ0) is 7.56. The van der Waals surface area contributed by atoms with Gasteiger partial charge in [-0.05, 0) is 13.3 Å². The van der Waals surface area contributed by atoms with Gasteiger partial charge in [0.25, 0.3) is 0 Å². The molecule has 1 unspecified atom stereocenters. The molecule has 0 aliphatic rings. The highest BCUT2D eigenvalue weighted by Crippen LogP contribution is 2.12. The molecule has 0 spiro atoms. The van der Waals surface area contributed by atoms with E-state index >= 15 is 0 Å². The fourth-order valence-electron chi connectivity index (χ4n) is 0.768. The third-order valence-corrected chi connectivity index (χ3v) is 1.48. The van der Waals surface area contributed by atoms with Crippen LogP contribution in [0.25, 0.3) is 0 Å². The van der Waals surface area contributed by atoms with Gasteiger partial charge >= 0.3 is 0 Å². The summed E-state index contributed by atoms with van der Waals surface area (Å²) < 4.78 is 4.49. The van der Waals surface area contributed by atoms with Crippen molar-refractivity contribution < 1.29 is 4.63 Å². The van der Waals surface area contributed by atoms with E-state index in [1.807, 2.05) is 13.8 Å². The summed E-state index contributed by atoms with van der Waals surface area (Å²) in [6.45, 7) is 3.83. The fraction of sp³-hybridized carbons (Fsp3) is 0.667. The van der Waals surface area contributed by atoms with Crippen molar-refractivity contribution in [2.45, 2.75) is 26.3 Å². The van der Waals surface area contributed by atoms with Crippen LogP contribution >= 0.6 is 0 Å². The summed E-state index contributed by atoms with van der Waals surface area (Å²) in [4.78, 5) is 0. The van der Waals surface area contributed by atoms with E-state index < -0.39 is 0 Å². The zero-order valence-electron chi connectivity index (χ0n) is 6.16. The second kappa shape index (κ2) is 2.79. The molecular formula is C6H11N3O. The van der Waals surface area contributed by atoms with E-state index in [2.05, 4.69) is 14.9 Å². The summed E-state index contributed by atoms with van der Waals surface area (Å²) in [6.07, 6.45) is 0.856. The van der Waals surface area contributed by atoms with E-state index in [0.29, 0.717) is 0 Å². The van der Waals surface area contributed by atoms with Gasteiger partial charge in [-0.15, -0.1) is 0 Å². The van der Waals surface area contributed by atoms with Crippen LogP contribution in [0.3, 0.4) is 0 Å². The van der Waals surface area contributed by atoms with Crippen molar-refractivity contribution in [3.8, 4) is 0 Å². The van der Waals surface area contributed by atoms with Crippen LogP contribution in [0, 0.1) is 6.92 Å². The molecule has 1 rings (SSSR count). The van der Waals surface area contributed by atoms with E-state index in [-0.39, 0.29) is 6.04 Å². The lowest BCUT2D eigenvalue weighted by Crippen LogP contribution is -2.10. The molecule has 2 N–H and O–H groups in total. The molecule has 1 aromatic heterocycles. The zero-order valence-corrected chi connectivity index (χ0v) is 6.16. The minimum absolute atomic E-state index is 0.0359. The number of aromatic nitrogens is 2. The van der Waals surface area contributed by atoms with Crippen molar-refractivity contribution in [3.05, 3.63) is 11.4 Å². The smallest absolute Gasteiger partial charge is 0.124 e. The van der Waals surface area contributed by atoms with Gasteiger partial charge in [-0.25, -0.2) is 4.63 Å². The maximum atomic E-state index is 5.68.